The summed E-state index contributed by atoms with van der Waals surface area (Å²) in [6.07, 6.45) is 6.40. The summed E-state index contributed by atoms with van der Waals surface area (Å²) >= 11 is 0. The zero-order chi connectivity index (χ0) is 18.0. The van der Waals surface area contributed by atoms with Crippen molar-refractivity contribution >= 4 is 17.6 Å². The highest BCUT2D eigenvalue weighted by Crippen LogP contribution is 2.18. The number of anilines is 1. The lowest BCUT2D eigenvalue weighted by Crippen LogP contribution is -2.35. The fraction of sp³-hybridized carbons (Fsp3) is 0.176. The van der Waals surface area contributed by atoms with E-state index in [0.29, 0.717) is 11.3 Å². The standard InChI is InChI=1S/C17H17N5O3/c1-17(2,16(24)25)22-11-13(10-19-22)20-15(23)12-4-6-14(7-5-12)21-9-3-8-18-21/h3-11H,1-2H3,(H,20,23)(H,24,25). The second-order valence-corrected chi connectivity index (χ2v) is 5.99. The van der Waals surface area contributed by atoms with Crippen molar-refractivity contribution in [2.24, 2.45) is 0 Å². The Morgan fingerprint density at radius 1 is 1.16 bits per heavy atom. The third-order valence-corrected chi connectivity index (χ3v) is 3.84. The van der Waals surface area contributed by atoms with Gasteiger partial charge >= 0.3 is 5.97 Å². The van der Waals surface area contributed by atoms with Crippen LogP contribution in [0.3, 0.4) is 0 Å². The third kappa shape index (κ3) is 3.27. The molecule has 3 aromatic rings. The van der Waals surface area contributed by atoms with Gasteiger partial charge in [-0.3, -0.25) is 9.48 Å². The maximum atomic E-state index is 12.3. The lowest BCUT2D eigenvalue weighted by molar-refractivity contribution is -0.146. The molecular weight excluding hydrogens is 322 g/mol. The van der Waals surface area contributed by atoms with E-state index in [-0.39, 0.29) is 5.91 Å². The predicted molar refractivity (Wildman–Crippen MR) is 90.7 cm³/mol. The number of rotatable bonds is 5. The van der Waals surface area contributed by atoms with Crippen molar-refractivity contribution in [2.75, 3.05) is 5.32 Å². The molecule has 0 saturated carbocycles. The van der Waals surface area contributed by atoms with Gasteiger partial charge in [0.1, 0.15) is 0 Å². The normalized spacial score (nSPS) is 11.3. The first-order valence-corrected chi connectivity index (χ1v) is 7.58. The number of benzene rings is 1. The van der Waals surface area contributed by atoms with Crippen LogP contribution in [0.4, 0.5) is 5.69 Å². The largest absolute Gasteiger partial charge is 0.479 e. The summed E-state index contributed by atoms with van der Waals surface area (Å²) < 4.78 is 2.99. The van der Waals surface area contributed by atoms with Gasteiger partial charge in [0.25, 0.3) is 5.91 Å². The quantitative estimate of drug-likeness (QED) is 0.741. The molecule has 2 N–H and O–H groups in total. The summed E-state index contributed by atoms with van der Waals surface area (Å²) in [7, 11) is 0. The number of amides is 1. The smallest absolute Gasteiger partial charge is 0.331 e. The van der Waals surface area contributed by atoms with E-state index in [4.69, 9.17) is 0 Å². The van der Waals surface area contributed by atoms with Gasteiger partial charge in [-0.15, -0.1) is 0 Å². The van der Waals surface area contributed by atoms with Gasteiger partial charge < -0.3 is 10.4 Å². The van der Waals surface area contributed by atoms with Crippen LogP contribution in [0.1, 0.15) is 24.2 Å². The molecule has 0 unspecified atom stereocenters. The minimum absolute atomic E-state index is 0.306. The SMILES string of the molecule is CC(C)(C(=O)O)n1cc(NC(=O)c2ccc(-n3cccn3)cc2)cn1. The summed E-state index contributed by atoms with van der Waals surface area (Å²) in [5, 5.41) is 20.1. The molecule has 8 heteroatoms. The molecule has 3 rings (SSSR count). The van der Waals surface area contributed by atoms with Crippen molar-refractivity contribution in [1.82, 2.24) is 19.6 Å². The summed E-state index contributed by atoms with van der Waals surface area (Å²) in [6.45, 7) is 3.06. The van der Waals surface area contributed by atoms with Crippen LogP contribution < -0.4 is 5.32 Å². The zero-order valence-corrected chi connectivity index (χ0v) is 13.7. The van der Waals surface area contributed by atoms with Gasteiger partial charge in [0.05, 0.1) is 17.6 Å². The average Bonchev–Trinajstić information content (AvgIpc) is 3.27. The van der Waals surface area contributed by atoms with Crippen molar-refractivity contribution < 1.29 is 14.7 Å². The van der Waals surface area contributed by atoms with Crippen LogP contribution in [0.5, 0.6) is 0 Å². The molecule has 2 heterocycles. The lowest BCUT2D eigenvalue weighted by Gasteiger charge is -2.19. The minimum Gasteiger partial charge on any atom is -0.479 e. The number of carbonyl (C=O) groups excluding carboxylic acids is 1. The van der Waals surface area contributed by atoms with E-state index < -0.39 is 11.5 Å². The van der Waals surface area contributed by atoms with E-state index in [0.717, 1.165) is 5.69 Å². The van der Waals surface area contributed by atoms with Crippen LogP contribution in [0.25, 0.3) is 5.69 Å². The van der Waals surface area contributed by atoms with E-state index >= 15 is 0 Å². The van der Waals surface area contributed by atoms with E-state index in [1.807, 2.05) is 12.3 Å². The van der Waals surface area contributed by atoms with Gasteiger partial charge in [-0.1, -0.05) is 0 Å². The maximum Gasteiger partial charge on any atom is 0.331 e. The number of aromatic nitrogens is 4. The van der Waals surface area contributed by atoms with Gasteiger partial charge in [-0.05, 0) is 44.2 Å². The molecule has 8 nitrogen and oxygen atoms in total. The second kappa shape index (κ2) is 6.23. The van der Waals surface area contributed by atoms with Crippen molar-refractivity contribution in [3.05, 3.63) is 60.7 Å². The number of carboxylic acid groups (broad SMARTS) is 1. The van der Waals surface area contributed by atoms with Gasteiger partial charge in [-0.2, -0.15) is 10.2 Å². The molecule has 128 valence electrons. The van der Waals surface area contributed by atoms with Crippen molar-refractivity contribution in [3.8, 4) is 5.69 Å². The molecule has 0 aliphatic rings. The first-order valence-electron chi connectivity index (χ1n) is 7.58. The highest BCUT2D eigenvalue weighted by atomic mass is 16.4. The van der Waals surface area contributed by atoms with Gasteiger partial charge in [0, 0.05) is 24.2 Å². The Balaban J connectivity index is 1.72. The molecule has 1 aromatic carbocycles. The number of nitrogens with zero attached hydrogens (tertiary/aromatic N) is 4. The highest BCUT2D eigenvalue weighted by Gasteiger charge is 2.30. The Morgan fingerprint density at radius 2 is 1.88 bits per heavy atom. The topological polar surface area (TPSA) is 102 Å². The van der Waals surface area contributed by atoms with Crippen molar-refractivity contribution in [2.45, 2.75) is 19.4 Å². The van der Waals surface area contributed by atoms with Crippen LogP contribution >= 0.6 is 0 Å². The molecule has 0 atom stereocenters. The van der Waals surface area contributed by atoms with E-state index in [1.54, 1.807) is 35.1 Å². The molecule has 1 amide bonds. The molecule has 0 radical (unpaired) electrons. The fourth-order valence-corrected chi connectivity index (χ4v) is 2.18. The summed E-state index contributed by atoms with van der Waals surface area (Å²) in [5.41, 5.74) is 0.545. The van der Waals surface area contributed by atoms with E-state index in [2.05, 4.69) is 15.5 Å². The van der Waals surface area contributed by atoms with Crippen LogP contribution in [0, 0.1) is 0 Å². The maximum absolute atomic E-state index is 12.3. The number of aliphatic carboxylic acids is 1. The van der Waals surface area contributed by atoms with Crippen molar-refractivity contribution in [3.63, 3.8) is 0 Å². The van der Waals surface area contributed by atoms with Crippen LogP contribution in [0.15, 0.2) is 55.1 Å². The molecule has 0 spiro atoms. The second-order valence-electron chi connectivity index (χ2n) is 5.99. The molecule has 2 aromatic heterocycles. The van der Waals surface area contributed by atoms with Gasteiger partial charge in [0.2, 0.25) is 0 Å². The molecular formula is C17H17N5O3. The summed E-state index contributed by atoms with van der Waals surface area (Å²) in [5.74, 6) is -1.32. The Hall–Kier alpha value is -3.42. The van der Waals surface area contributed by atoms with Crippen molar-refractivity contribution in [1.29, 1.82) is 0 Å². The Kier molecular flexibility index (Phi) is 4.10. The third-order valence-electron chi connectivity index (χ3n) is 3.84. The van der Waals surface area contributed by atoms with Gasteiger partial charge in [-0.25, -0.2) is 9.48 Å². The predicted octanol–water partition coefficient (Wildman–Crippen LogP) is 2.14. The summed E-state index contributed by atoms with van der Waals surface area (Å²) in [4.78, 5) is 23.6. The molecule has 0 aliphatic carbocycles. The first kappa shape index (κ1) is 16.4. The van der Waals surface area contributed by atoms with Gasteiger partial charge in [0.15, 0.2) is 5.54 Å². The zero-order valence-electron chi connectivity index (χ0n) is 13.7. The first-order chi connectivity index (χ1) is 11.9. The molecule has 0 fully saturated rings. The molecule has 25 heavy (non-hydrogen) atoms. The number of hydrogen-bond donors (Lipinski definition) is 2. The highest BCUT2D eigenvalue weighted by molar-refractivity contribution is 6.04. The Labute approximate surface area is 143 Å². The molecule has 0 bridgehead atoms. The minimum atomic E-state index is -1.20. The van der Waals surface area contributed by atoms with E-state index in [1.165, 1.54) is 30.9 Å². The molecule has 0 saturated heterocycles. The molecule has 0 aliphatic heterocycles. The lowest BCUT2D eigenvalue weighted by atomic mass is 10.1. The Morgan fingerprint density at radius 3 is 2.48 bits per heavy atom. The number of carboxylic acids is 1. The monoisotopic (exact) mass is 339 g/mol. The summed E-state index contributed by atoms with van der Waals surface area (Å²) in [6, 6.07) is 8.78. The number of nitrogens with one attached hydrogen (secondary N) is 1. The van der Waals surface area contributed by atoms with Crippen LogP contribution in [-0.2, 0) is 10.3 Å². The van der Waals surface area contributed by atoms with E-state index in [9.17, 15) is 14.7 Å². The average molecular weight is 339 g/mol. The number of carbonyl (C=O) groups is 2. The fourth-order valence-electron chi connectivity index (χ4n) is 2.18. The van der Waals surface area contributed by atoms with Crippen LogP contribution in [0.2, 0.25) is 0 Å². The number of hydrogen-bond acceptors (Lipinski definition) is 4. The Bertz CT molecular complexity index is 895. The van der Waals surface area contributed by atoms with Crippen LogP contribution in [-0.4, -0.2) is 36.5 Å².